The van der Waals surface area contributed by atoms with Crippen molar-refractivity contribution < 1.29 is 0 Å². The van der Waals surface area contributed by atoms with Gasteiger partial charge in [0, 0.05) is 25.3 Å². The highest BCUT2D eigenvalue weighted by molar-refractivity contribution is 4.99. The summed E-state index contributed by atoms with van der Waals surface area (Å²) in [5, 5.41) is 7.93. The Hall–Kier alpha value is -0.830. The molecule has 0 aliphatic rings. The maximum Gasteiger partial charge on any atom is 0.0762 e. The second kappa shape index (κ2) is 4.58. The van der Waals surface area contributed by atoms with Gasteiger partial charge in [0.15, 0.2) is 0 Å². The fourth-order valence-electron chi connectivity index (χ4n) is 2.28. The Kier molecular flexibility index (Phi) is 3.79. The summed E-state index contributed by atoms with van der Waals surface area (Å²) in [5.41, 5.74) is 1.60. The van der Waals surface area contributed by atoms with Crippen LogP contribution in [0.25, 0.3) is 0 Å². The summed E-state index contributed by atoms with van der Waals surface area (Å²) in [6, 6.07) is 2.06. The highest BCUT2D eigenvalue weighted by Gasteiger charge is 2.24. The highest BCUT2D eigenvalue weighted by Crippen LogP contribution is 2.26. The summed E-state index contributed by atoms with van der Waals surface area (Å²) in [4.78, 5) is 0. The van der Waals surface area contributed by atoms with E-state index in [9.17, 15) is 0 Å². The summed E-state index contributed by atoms with van der Waals surface area (Å²) in [6.07, 6.45) is 3.13. The normalized spacial score (nSPS) is 13.1. The van der Waals surface area contributed by atoms with E-state index in [1.807, 2.05) is 17.9 Å². The molecule has 0 aromatic carbocycles. The van der Waals surface area contributed by atoms with Gasteiger partial charge in [-0.3, -0.25) is 4.68 Å². The molecule has 0 bridgehead atoms. The van der Waals surface area contributed by atoms with Crippen LogP contribution in [0.1, 0.15) is 46.7 Å². The van der Waals surface area contributed by atoms with Gasteiger partial charge in [0.05, 0.1) is 5.69 Å². The van der Waals surface area contributed by atoms with Gasteiger partial charge >= 0.3 is 0 Å². The zero-order valence-electron chi connectivity index (χ0n) is 11.5. The largest absolute Gasteiger partial charge is 0.306 e. The maximum absolute atomic E-state index is 4.36. The van der Waals surface area contributed by atoms with Crippen molar-refractivity contribution in [2.75, 3.05) is 0 Å². The third-order valence-electron chi connectivity index (χ3n) is 2.49. The van der Waals surface area contributed by atoms with Crippen molar-refractivity contribution in [1.29, 1.82) is 0 Å². The molecule has 1 N–H and O–H groups in total. The van der Waals surface area contributed by atoms with E-state index in [4.69, 9.17) is 0 Å². The minimum absolute atomic E-state index is 0.149. The lowest BCUT2D eigenvalue weighted by Gasteiger charge is -2.33. The van der Waals surface area contributed by atoms with Crippen LogP contribution < -0.4 is 5.32 Å². The lowest BCUT2D eigenvalue weighted by molar-refractivity contribution is 0.240. The van der Waals surface area contributed by atoms with Gasteiger partial charge in [-0.25, -0.2) is 0 Å². The molecule has 0 spiro atoms. The van der Waals surface area contributed by atoms with Crippen LogP contribution in [-0.2, 0) is 13.6 Å². The van der Waals surface area contributed by atoms with E-state index >= 15 is 0 Å². The van der Waals surface area contributed by atoms with Crippen LogP contribution >= 0.6 is 0 Å². The van der Waals surface area contributed by atoms with Crippen molar-refractivity contribution in [2.45, 2.75) is 53.1 Å². The van der Waals surface area contributed by atoms with E-state index in [1.165, 1.54) is 0 Å². The van der Waals surface area contributed by atoms with Crippen LogP contribution in [0, 0.1) is 5.41 Å². The molecule has 0 saturated carbocycles. The molecule has 3 nitrogen and oxygen atoms in total. The van der Waals surface area contributed by atoms with Gasteiger partial charge in [0.2, 0.25) is 0 Å². The number of aryl methyl sites for hydroxylation is 1. The van der Waals surface area contributed by atoms with Crippen LogP contribution in [0.4, 0.5) is 0 Å². The zero-order valence-corrected chi connectivity index (χ0v) is 11.5. The first kappa shape index (κ1) is 13.2. The van der Waals surface area contributed by atoms with Gasteiger partial charge in [-0.15, -0.1) is 0 Å². The number of hydrogen-bond donors (Lipinski definition) is 1. The molecule has 3 heteroatoms. The molecule has 0 saturated heterocycles. The second-order valence-corrected chi connectivity index (χ2v) is 6.46. The van der Waals surface area contributed by atoms with Gasteiger partial charge in [0.1, 0.15) is 0 Å². The first-order valence-corrected chi connectivity index (χ1v) is 5.92. The minimum atomic E-state index is 0.149. The standard InChI is InChI=1S/C13H25N3/c1-12(2,3)10-13(4,5)14-9-11-7-8-16(6)15-11/h7-8,14H,9-10H2,1-6H3. The molecule has 1 heterocycles. The van der Waals surface area contributed by atoms with Crippen molar-refractivity contribution in [1.82, 2.24) is 15.1 Å². The topological polar surface area (TPSA) is 29.9 Å². The molecular formula is C13H25N3. The average molecular weight is 223 g/mol. The molecule has 0 aliphatic carbocycles. The van der Waals surface area contributed by atoms with Crippen molar-refractivity contribution in [3.05, 3.63) is 18.0 Å². The summed E-state index contributed by atoms with van der Waals surface area (Å²) >= 11 is 0. The predicted molar refractivity (Wildman–Crippen MR) is 68.2 cm³/mol. The molecule has 1 aromatic rings. The van der Waals surface area contributed by atoms with E-state index in [0.717, 1.165) is 18.7 Å². The van der Waals surface area contributed by atoms with Gasteiger partial charge < -0.3 is 5.32 Å². The fraction of sp³-hybridized carbons (Fsp3) is 0.769. The SMILES string of the molecule is Cn1ccc(CNC(C)(C)CC(C)(C)C)n1. The molecule has 1 rings (SSSR count). The summed E-state index contributed by atoms with van der Waals surface area (Å²) in [7, 11) is 1.95. The highest BCUT2D eigenvalue weighted by atomic mass is 15.3. The Morgan fingerprint density at radius 2 is 1.88 bits per heavy atom. The number of rotatable bonds is 4. The maximum atomic E-state index is 4.36. The van der Waals surface area contributed by atoms with Crippen molar-refractivity contribution in [3.63, 3.8) is 0 Å². The molecule has 0 atom stereocenters. The monoisotopic (exact) mass is 223 g/mol. The molecular weight excluding hydrogens is 198 g/mol. The molecule has 0 amide bonds. The van der Waals surface area contributed by atoms with Crippen molar-refractivity contribution in [2.24, 2.45) is 12.5 Å². The van der Waals surface area contributed by atoms with Crippen LogP contribution in [0.3, 0.4) is 0 Å². The zero-order chi connectivity index (χ0) is 12.4. The van der Waals surface area contributed by atoms with Gasteiger partial charge in [-0.2, -0.15) is 5.10 Å². The van der Waals surface area contributed by atoms with E-state index in [-0.39, 0.29) is 5.54 Å². The van der Waals surface area contributed by atoms with Gasteiger partial charge in [-0.05, 0) is 31.7 Å². The first-order valence-electron chi connectivity index (χ1n) is 5.92. The molecule has 0 aliphatic heterocycles. The van der Waals surface area contributed by atoms with Crippen LogP contribution in [0.2, 0.25) is 0 Å². The quantitative estimate of drug-likeness (QED) is 0.850. The molecule has 0 unspecified atom stereocenters. The van der Waals surface area contributed by atoms with Crippen LogP contribution in [0.5, 0.6) is 0 Å². The van der Waals surface area contributed by atoms with Crippen molar-refractivity contribution >= 4 is 0 Å². The third kappa shape index (κ3) is 4.79. The molecule has 0 radical (unpaired) electrons. The smallest absolute Gasteiger partial charge is 0.0762 e. The minimum Gasteiger partial charge on any atom is -0.306 e. The third-order valence-corrected chi connectivity index (χ3v) is 2.49. The van der Waals surface area contributed by atoms with Crippen LogP contribution in [0.15, 0.2) is 12.3 Å². The number of nitrogens with zero attached hydrogens (tertiary/aromatic N) is 2. The Morgan fingerprint density at radius 3 is 2.31 bits per heavy atom. The molecule has 16 heavy (non-hydrogen) atoms. The molecule has 1 aromatic heterocycles. The van der Waals surface area contributed by atoms with Gasteiger partial charge in [-0.1, -0.05) is 20.8 Å². The lowest BCUT2D eigenvalue weighted by atomic mass is 9.82. The predicted octanol–water partition coefficient (Wildman–Crippen LogP) is 2.72. The second-order valence-electron chi connectivity index (χ2n) is 6.46. The fourth-order valence-corrected chi connectivity index (χ4v) is 2.28. The summed E-state index contributed by atoms with van der Waals surface area (Å²) in [5.74, 6) is 0. The van der Waals surface area contributed by atoms with Crippen LogP contribution in [-0.4, -0.2) is 15.3 Å². The summed E-state index contributed by atoms with van der Waals surface area (Å²) < 4.78 is 1.84. The summed E-state index contributed by atoms with van der Waals surface area (Å²) in [6.45, 7) is 12.2. The van der Waals surface area contributed by atoms with Gasteiger partial charge in [0.25, 0.3) is 0 Å². The van der Waals surface area contributed by atoms with E-state index < -0.39 is 0 Å². The Labute approximate surface area is 99.2 Å². The van der Waals surface area contributed by atoms with E-state index in [2.05, 4.69) is 51.1 Å². The molecule has 0 fully saturated rings. The Morgan fingerprint density at radius 1 is 1.25 bits per heavy atom. The number of nitrogens with one attached hydrogen (secondary N) is 1. The Balaban J connectivity index is 2.47. The van der Waals surface area contributed by atoms with E-state index in [0.29, 0.717) is 5.41 Å². The average Bonchev–Trinajstić information content (AvgIpc) is 2.44. The number of hydrogen-bond acceptors (Lipinski definition) is 2. The lowest BCUT2D eigenvalue weighted by Crippen LogP contribution is -2.41. The van der Waals surface area contributed by atoms with E-state index in [1.54, 1.807) is 0 Å². The molecule has 92 valence electrons. The first-order chi connectivity index (χ1) is 7.18. The number of aromatic nitrogens is 2. The van der Waals surface area contributed by atoms with Crippen molar-refractivity contribution in [3.8, 4) is 0 Å². The Bertz CT molecular complexity index is 331.